The van der Waals surface area contributed by atoms with Crippen molar-refractivity contribution in [3.8, 4) is 0 Å². The number of benzene rings is 4. The molecule has 43 heavy (non-hydrogen) atoms. The maximum atomic E-state index is 14.4. The molecule has 0 unspecified atom stereocenters. The van der Waals surface area contributed by atoms with Crippen LogP contribution in [0.1, 0.15) is 49.7 Å². The Morgan fingerprint density at radius 3 is 1.84 bits per heavy atom. The number of likely N-dealkylation sites (N-methyl/N-ethyl adjacent to an activating group) is 2. The highest BCUT2D eigenvalue weighted by Gasteiger charge is 2.36. The largest absolute Gasteiger partial charge is 0.444 e. The van der Waals surface area contributed by atoms with Crippen molar-refractivity contribution in [2.45, 2.75) is 58.2 Å². The zero-order valence-electron chi connectivity index (χ0n) is 25.6. The Morgan fingerprint density at radius 1 is 0.791 bits per heavy atom. The van der Waals surface area contributed by atoms with E-state index in [1.165, 1.54) is 4.90 Å². The lowest BCUT2D eigenvalue weighted by Crippen LogP contribution is -2.51. The van der Waals surface area contributed by atoms with E-state index < -0.39 is 23.8 Å². The number of fused-ring (bicyclic) bond motifs is 2. The second-order valence-electron chi connectivity index (χ2n) is 12.0. The van der Waals surface area contributed by atoms with Crippen LogP contribution < -0.4 is 0 Å². The number of amides is 2. The van der Waals surface area contributed by atoms with E-state index in [0.29, 0.717) is 24.6 Å². The number of carbonyl (C=O) groups excluding carboxylic acids is 2. The van der Waals surface area contributed by atoms with Gasteiger partial charge in [-0.2, -0.15) is 4.98 Å². The molecule has 0 fully saturated rings. The zero-order valence-corrected chi connectivity index (χ0v) is 25.6. The highest BCUT2D eigenvalue weighted by atomic mass is 16.6. The molecule has 0 radical (unpaired) electrons. The maximum absolute atomic E-state index is 14.4. The third-order valence-corrected chi connectivity index (χ3v) is 7.56. The number of hydrogen-bond donors (Lipinski definition) is 0. The molecule has 0 aliphatic heterocycles. The molecule has 0 bridgehead atoms. The van der Waals surface area contributed by atoms with Crippen molar-refractivity contribution in [3.63, 3.8) is 0 Å². The van der Waals surface area contributed by atoms with E-state index in [-0.39, 0.29) is 5.91 Å². The lowest BCUT2D eigenvalue weighted by Gasteiger charge is -2.34. The van der Waals surface area contributed by atoms with Crippen molar-refractivity contribution >= 4 is 33.5 Å². The minimum absolute atomic E-state index is 0.261. The standard InChI is InChI=1S/C35H38N4O4/c1-23-36-32(43-37-23)30(21-24-15-17-26-11-7-9-13-28(26)19-24)38(5)33(40)31(39(6)34(41)42-35(2,3)4)22-25-16-18-27-12-8-10-14-29(27)20-25/h7-20,30-31H,21-22H2,1-6H3/t30-,31-/m1/s1. The van der Waals surface area contributed by atoms with Crippen molar-refractivity contribution in [1.29, 1.82) is 0 Å². The summed E-state index contributed by atoms with van der Waals surface area (Å²) in [6, 6.07) is 27.1. The Morgan fingerprint density at radius 2 is 1.33 bits per heavy atom. The lowest BCUT2D eigenvalue weighted by molar-refractivity contribution is -0.138. The maximum Gasteiger partial charge on any atom is 0.410 e. The number of aromatic nitrogens is 2. The Balaban J connectivity index is 1.49. The molecule has 1 heterocycles. The smallest absolute Gasteiger partial charge is 0.410 e. The first kappa shape index (κ1) is 29.8. The van der Waals surface area contributed by atoms with Gasteiger partial charge in [-0.1, -0.05) is 90.1 Å². The normalized spacial score (nSPS) is 13.1. The van der Waals surface area contributed by atoms with Crippen LogP contribution in [0, 0.1) is 6.92 Å². The predicted molar refractivity (Wildman–Crippen MR) is 168 cm³/mol. The summed E-state index contributed by atoms with van der Waals surface area (Å²) in [6.45, 7) is 7.17. The van der Waals surface area contributed by atoms with Gasteiger partial charge >= 0.3 is 6.09 Å². The van der Waals surface area contributed by atoms with Gasteiger partial charge in [-0.3, -0.25) is 9.69 Å². The van der Waals surface area contributed by atoms with Crippen molar-refractivity contribution in [2.75, 3.05) is 14.1 Å². The van der Waals surface area contributed by atoms with Gasteiger partial charge in [0, 0.05) is 26.9 Å². The Kier molecular flexibility index (Phi) is 8.48. The Hall–Kier alpha value is -4.72. The summed E-state index contributed by atoms with van der Waals surface area (Å²) in [5, 5.41) is 8.42. The fourth-order valence-electron chi connectivity index (χ4n) is 5.26. The molecule has 1 aromatic heterocycles. The number of aryl methyl sites for hydroxylation is 1. The fraction of sp³-hybridized carbons (Fsp3) is 0.314. The molecule has 0 N–H and O–H groups in total. The minimum Gasteiger partial charge on any atom is -0.444 e. The van der Waals surface area contributed by atoms with Gasteiger partial charge in [-0.05, 0) is 60.4 Å². The molecular formula is C35H38N4O4. The van der Waals surface area contributed by atoms with Gasteiger partial charge in [0.05, 0.1) is 0 Å². The molecule has 5 aromatic rings. The van der Waals surface area contributed by atoms with E-state index in [1.807, 2.05) is 69.3 Å². The predicted octanol–water partition coefficient (Wildman–Crippen LogP) is 6.90. The van der Waals surface area contributed by atoms with Gasteiger partial charge in [0.25, 0.3) is 0 Å². The van der Waals surface area contributed by atoms with E-state index in [9.17, 15) is 9.59 Å². The summed E-state index contributed by atoms with van der Waals surface area (Å²) < 4.78 is 11.3. The quantitative estimate of drug-likeness (QED) is 0.199. The molecule has 0 saturated heterocycles. The third-order valence-electron chi connectivity index (χ3n) is 7.56. The second-order valence-corrected chi connectivity index (χ2v) is 12.0. The zero-order chi connectivity index (χ0) is 30.7. The number of carbonyl (C=O) groups is 2. The Labute approximate surface area is 252 Å². The van der Waals surface area contributed by atoms with E-state index in [4.69, 9.17) is 9.26 Å². The first-order valence-corrected chi connectivity index (χ1v) is 14.5. The molecule has 8 nitrogen and oxygen atoms in total. The molecule has 2 atom stereocenters. The van der Waals surface area contributed by atoms with Crippen LogP contribution in [0.2, 0.25) is 0 Å². The highest BCUT2D eigenvalue weighted by Crippen LogP contribution is 2.28. The van der Waals surface area contributed by atoms with Crippen molar-refractivity contribution < 1.29 is 18.8 Å². The van der Waals surface area contributed by atoms with Crippen molar-refractivity contribution in [1.82, 2.24) is 19.9 Å². The SMILES string of the molecule is Cc1noc([C@@H](Cc2ccc3ccccc3c2)N(C)C(=O)[C@@H](Cc2ccc3ccccc3c2)N(C)C(=O)OC(C)(C)C)n1. The summed E-state index contributed by atoms with van der Waals surface area (Å²) >= 11 is 0. The van der Waals surface area contributed by atoms with Gasteiger partial charge < -0.3 is 14.2 Å². The van der Waals surface area contributed by atoms with Gasteiger partial charge in [0.2, 0.25) is 11.8 Å². The summed E-state index contributed by atoms with van der Waals surface area (Å²) in [4.78, 5) is 35.2. The van der Waals surface area contributed by atoms with E-state index in [1.54, 1.807) is 25.9 Å². The number of nitrogens with zero attached hydrogens (tertiary/aromatic N) is 4. The van der Waals surface area contributed by atoms with Crippen LogP contribution in [0.3, 0.4) is 0 Å². The molecule has 0 aliphatic carbocycles. The number of hydrogen-bond acceptors (Lipinski definition) is 6. The van der Waals surface area contributed by atoms with E-state index in [0.717, 1.165) is 32.7 Å². The number of rotatable bonds is 8. The lowest BCUT2D eigenvalue weighted by atomic mass is 9.98. The number of ether oxygens (including phenoxy) is 1. The molecule has 5 rings (SSSR count). The van der Waals surface area contributed by atoms with E-state index >= 15 is 0 Å². The van der Waals surface area contributed by atoms with Gasteiger partial charge in [-0.25, -0.2) is 4.79 Å². The molecule has 2 amide bonds. The van der Waals surface area contributed by atoms with E-state index in [2.05, 4.69) is 46.5 Å². The van der Waals surface area contributed by atoms with Crippen LogP contribution in [0.4, 0.5) is 4.79 Å². The topological polar surface area (TPSA) is 88.8 Å². The monoisotopic (exact) mass is 578 g/mol. The molecular weight excluding hydrogens is 540 g/mol. The van der Waals surface area contributed by atoms with Crippen LogP contribution in [-0.4, -0.2) is 57.7 Å². The average molecular weight is 579 g/mol. The average Bonchev–Trinajstić information content (AvgIpc) is 3.42. The first-order valence-electron chi connectivity index (χ1n) is 14.5. The van der Waals surface area contributed by atoms with Crippen molar-refractivity contribution in [2.24, 2.45) is 0 Å². The Bertz CT molecular complexity index is 1760. The molecule has 0 aliphatic rings. The first-order chi connectivity index (χ1) is 20.5. The summed E-state index contributed by atoms with van der Waals surface area (Å²) in [5.74, 6) is 0.562. The summed E-state index contributed by atoms with van der Waals surface area (Å²) in [5.41, 5.74) is 1.24. The summed E-state index contributed by atoms with van der Waals surface area (Å²) in [7, 11) is 3.34. The molecule has 4 aromatic carbocycles. The second kappa shape index (κ2) is 12.3. The molecule has 222 valence electrons. The van der Waals surface area contributed by atoms with Gasteiger partial charge in [-0.15, -0.1) is 0 Å². The fourth-order valence-corrected chi connectivity index (χ4v) is 5.26. The van der Waals surface area contributed by atoms with Crippen LogP contribution in [0.5, 0.6) is 0 Å². The van der Waals surface area contributed by atoms with Gasteiger partial charge in [0.15, 0.2) is 5.82 Å². The van der Waals surface area contributed by atoms with Crippen LogP contribution in [0.15, 0.2) is 89.5 Å². The van der Waals surface area contributed by atoms with Crippen LogP contribution in [-0.2, 0) is 22.4 Å². The minimum atomic E-state index is -0.843. The van der Waals surface area contributed by atoms with Crippen LogP contribution >= 0.6 is 0 Å². The summed E-state index contributed by atoms with van der Waals surface area (Å²) in [6.07, 6.45) is 0.183. The van der Waals surface area contributed by atoms with Crippen molar-refractivity contribution in [3.05, 3.63) is 108 Å². The molecule has 0 saturated carbocycles. The third kappa shape index (κ3) is 7.02. The van der Waals surface area contributed by atoms with Gasteiger partial charge in [0.1, 0.15) is 17.7 Å². The highest BCUT2D eigenvalue weighted by molar-refractivity contribution is 5.87. The van der Waals surface area contributed by atoms with Crippen LogP contribution in [0.25, 0.3) is 21.5 Å². The molecule has 8 heteroatoms. The molecule has 0 spiro atoms.